The molecule has 0 unspecified atom stereocenters. The first kappa shape index (κ1) is 15.4. The molecule has 0 aliphatic heterocycles. The van der Waals surface area contributed by atoms with Gasteiger partial charge in [0, 0.05) is 5.69 Å². The minimum Gasteiger partial charge on any atom is -0.468 e. The predicted octanol–water partition coefficient (Wildman–Crippen LogP) is 0.850. The maximum atomic E-state index is 13.4. The molecule has 0 heterocycles. The van der Waals surface area contributed by atoms with Gasteiger partial charge in [0.25, 0.3) is 0 Å². The normalized spacial score (nSPS) is 9.50. The number of anilines is 1. The first-order valence-electron chi connectivity index (χ1n) is 5.59. The summed E-state index contributed by atoms with van der Waals surface area (Å²) in [5, 5.41) is 8.81. The number of ether oxygens (including phenoxy) is 2. The molecule has 0 atom stereocenters. The van der Waals surface area contributed by atoms with E-state index < -0.39 is 17.8 Å². The van der Waals surface area contributed by atoms with Crippen LogP contribution in [0.3, 0.4) is 0 Å². The van der Waals surface area contributed by atoms with Crippen LogP contribution in [0.25, 0.3) is 0 Å². The number of halogens is 1. The van der Waals surface area contributed by atoms with E-state index in [1.807, 2.05) is 0 Å². The smallest absolute Gasteiger partial charge is 0.325 e. The van der Waals surface area contributed by atoms with E-state index in [1.54, 1.807) is 6.07 Å². The third-order valence-corrected chi connectivity index (χ3v) is 2.47. The summed E-state index contributed by atoms with van der Waals surface area (Å²) in [7, 11) is 2.40. The summed E-state index contributed by atoms with van der Waals surface area (Å²) in [6.45, 7) is -0.528. The summed E-state index contributed by atoms with van der Waals surface area (Å²) in [6, 6.07) is 5.34. The molecule has 0 N–H and O–H groups in total. The molecule has 0 aliphatic rings. The number of hydrogen-bond donors (Lipinski definition) is 0. The Morgan fingerprint density at radius 1 is 1.20 bits per heavy atom. The summed E-state index contributed by atoms with van der Waals surface area (Å²) < 4.78 is 22.4. The van der Waals surface area contributed by atoms with Gasteiger partial charge in [0.1, 0.15) is 18.9 Å². The minimum absolute atomic E-state index is 0.0831. The third-order valence-electron chi connectivity index (χ3n) is 2.47. The first-order valence-corrected chi connectivity index (χ1v) is 5.59. The molecule has 6 nitrogen and oxygen atoms in total. The molecule has 0 radical (unpaired) electrons. The van der Waals surface area contributed by atoms with Crippen LogP contribution in [-0.2, 0) is 19.1 Å². The largest absolute Gasteiger partial charge is 0.468 e. The van der Waals surface area contributed by atoms with Crippen LogP contribution >= 0.6 is 0 Å². The molecule has 0 spiro atoms. The van der Waals surface area contributed by atoms with E-state index in [-0.39, 0.29) is 24.3 Å². The van der Waals surface area contributed by atoms with Gasteiger partial charge in [-0.2, -0.15) is 5.26 Å². The summed E-state index contributed by atoms with van der Waals surface area (Å²) in [5.74, 6) is -1.84. The fraction of sp³-hybridized carbons (Fsp3) is 0.308. The summed E-state index contributed by atoms with van der Waals surface area (Å²) in [4.78, 5) is 23.9. The van der Waals surface area contributed by atoms with Gasteiger partial charge in [-0.3, -0.25) is 9.59 Å². The van der Waals surface area contributed by atoms with Crippen LogP contribution in [0.2, 0.25) is 0 Å². The van der Waals surface area contributed by atoms with Gasteiger partial charge in [-0.25, -0.2) is 4.39 Å². The van der Waals surface area contributed by atoms with Gasteiger partial charge in [0.05, 0.1) is 25.9 Å². The van der Waals surface area contributed by atoms with E-state index >= 15 is 0 Å². The molecule has 1 rings (SSSR count). The third kappa shape index (κ3) is 4.24. The molecule has 7 heteroatoms. The Morgan fingerprint density at radius 2 is 1.75 bits per heavy atom. The van der Waals surface area contributed by atoms with Crippen LogP contribution < -0.4 is 4.90 Å². The molecule has 0 aromatic heterocycles. The average Bonchev–Trinajstić information content (AvgIpc) is 2.45. The van der Waals surface area contributed by atoms with Gasteiger partial charge in [0.15, 0.2) is 0 Å². The first-order chi connectivity index (χ1) is 9.49. The second-order valence-electron chi connectivity index (χ2n) is 3.82. The Bertz CT molecular complexity index is 536. The number of benzene rings is 1. The van der Waals surface area contributed by atoms with Gasteiger partial charge in [-0.05, 0) is 18.2 Å². The molecular weight excluding hydrogens is 267 g/mol. The highest BCUT2D eigenvalue weighted by molar-refractivity contribution is 5.81. The number of carbonyl (C=O) groups is 2. The molecule has 106 valence electrons. The fourth-order valence-electron chi connectivity index (χ4n) is 1.50. The van der Waals surface area contributed by atoms with Gasteiger partial charge in [-0.1, -0.05) is 0 Å². The molecule has 0 aliphatic carbocycles. The zero-order valence-corrected chi connectivity index (χ0v) is 11.1. The molecule has 1 aromatic carbocycles. The van der Waals surface area contributed by atoms with Crippen LogP contribution in [0.5, 0.6) is 0 Å². The zero-order valence-electron chi connectivity index (χ0n) is 11.1. The zero-order chi connectivity index (χ0) is 15.1. The van der Waals surface area contributed by atoms with Crippen molar-refractivity contribution in [3.63, 3.8) is 0 Å². The van der Waals surface area contributed by atoms with E-state index in [2.05, 4.69) is 9.47 Å². The Balaban J connectivity index is 3.08. The van der Waals surface area contributed by atoms with Gasteiger partial charge in [0.2, 0.25) is 0 Å². The van der Waals surface area contributed by atoms with E-state index in [4.69, 9.17) is 5.26 Å². The number of methoxy groups -OCH3 is 2. The molecule has 0 saturated carbocycles. The van der Waals surface area contributed by atoms with Crippen LogP contribution in [0.4, 0.5) is 10.1 Å². The van der Waals surface area contributed by atoms with Crippen molar-refractivity contribution < 1.29 is 23.5 Å². The van der Waals surface area contributed by atoms with Crippen molar-refractivity contribution in [2.24, 2.45) is 0 Å². The second-order valence-corrected chi connectivity index (χ2v) is 3.82. The van der Waals surface area contributed by atoms with E-state index in [9.17, 15) is 14.0 Å². The lowest BCUT2D eigenvalue weighted by Gasteiger charge is -2.22. The SMILES string of the molecule is COC(=O)CN(CC(=O)OC)c1cc(F)cc(C#N)c1. The van der Waals surface area contributed by atoms with Crippen molar-refractivity contribution in [3.8, 4) is 6.07 Å². The lowest BCUT2D eigenvalue weighted by Crippen LogP contribution is -2.35. The lowest BCUT2D eigenvalue weighted by atomic mass is 10.2. The molecule has 0 fully saturated rings. The van der Waals surface area contributed by atoms with Crippen LogP contribution in [0.15, 0.2) is 18.2 Å². The Kier molecular flexibility index (Phi) is 5.47. The molecule has 0 saturated heterocycles. The average molecular weight is 280 g/mol. The van der Waals surface area contributed by atoms with Crippen molar-refractivity contribution in [2.45, 2.75) is 0 Å². The second kappa shape index (κ2) is 7.09. The summed E-state index contributed by atoms with van der Waals surface area (Å²) in [5.41, 5.74) is 0.303. The number of carbonyl (C=O) groups excluding carboxylic acids is 2. The molecular formula is C13H13FN2O4. The Hall–Kier alpha value is -2.62. The van der Waals surface area contributed by atoms with Crippen molar-refractivity contribution in [1.82, 2.24) is 0 Å². The monoisotopic (exact) mass is 280 g/mol. The number of nitrogens with zero attached hydrogens (tertiary/aromatic N) is 2. The van der Waals surface area contributed by atoms with Crippen molar-refractivity contribution >= 4 is 17.6 Å². The van der Waals surface area contributed by atoms with Crippen molar-refractivity contribution in [3.05, 3.63) is 29.6 Å². The quantitative estimate of drug-likeness (QED) is 0.744. The highest BCUT2D eigenvalue weighted by Crippen LogP contribution is 2.18. The van der Waals surface area contributed by atoms with Gasteiger partial charge in [-0.15, -0.1) is 0 Å². The van der Waals surface area contributed by atoms with E-state index in [0.29, 0.717) is 0 Å². The molecule has 20 heavy (non-hydrogen) atoms. The van der Waals surface area contributed by atoms with Gasteiger partial charge < -0.3 is 14.4 Å². The van der Waals surface area contributed by atoms with Gasteiger partial charge >= 0.3 is 11.9 Å². The summed E-state index contributed by atoms with van der Waals surface area (Å²) >= 11 is 0. The molecule has 1 aromatic rings. The predicted molar refractivity (Wildman–Crippen MR) is 67.4 cm³/mol. The number of esters is 2. The minimum atomic E-state index is -0.640. The van der Waals surface area contributed by atoms with Crippen molar-refractivity contribution in [1.29, 1.82) is 5.26 Å². The molecule has 0 amide bonds. The van der Waals surface area contributed by atoms with Crippen LogP contribution in [-0.4, -0.2) is 39.2 Å². The van der Waals surface area contributed by atoms with Crippen molar-refractivity contribution in [2.75, 3.05) is 32.2 Å². The van der Waals surface area contributed by atoms with Crippen LogP contribution in [0, 0.1) is 17.1 Å². The highest BCUT2D eigenvalue weighted by atomic mass is 19.1. The lowest BCUT2D eigenvalue weighted by molar-refractivity contribution is -0.140. The number of rotatable bonds is 5. The maximum absolute atomic E-state index is 13.4. The van der Waals surface area contributed by atoms with E-state index in [0.717, 1.165) is 12.1 Å². The van der Waals surface area contributed by atoms with Crippen LogP contribution in [0.1, 0.15) is 5.56 Å². The number of nitriles is 1. The Labute approximate surface area is 115 Å². The fourth-order valence-corrected chi connectivity index (χ4v) is 1.50. The summed E-state index contributed by atoms with van der Waals surface area (Å²) in [6.07, 6.45) is 0. The van der Waals surface area contributed by atoms with E-state index in [1.165, 1.54) is 25.2 Å². The highest BCUT2D eigenvalue weighted by Gasteiger charge is 2.17. The maximum Gasteiger partial charge on any atom is 0.325 e. The standard InChI is InChI=1S/C13H13FN2O4/c1-19-12(17)7-16(8-13(18)20-2)11-4-9(6-15)3-10(14)5-11/h3-5H,7-8H2,1-2H3. The Morgan fingerprint density at radius 3 is 2.20 bits per heavy atom. The molecule has 0 bridgehead atoms. The number of hydrogen-bond acceptors (Lipinski definition) is 6. The topological polar surface area (TPSA) is 79.6 Å².